The highest BCUT2D eigenvalue weighted by molar-refractivity contribution is 7.91. The fourth-order valence-corrected chi connectivity index (χ4v) is 3.99. The van der Waals surface area contributed by atoms with E-state index in [-0.39, 0.29) is 5.75 Å². The quantitative estimate of drug-likeness (QED) is 0.787. The number of benzene rings is 1. The number of hydrogen-bond acceptors (Lipinski definition) is 3. The van der Waals surface area contributed by atoms with E-state index in [2.05, 4.69) is 19.2 Å². The number of fused-ring (bicyclic) bond motifs is 1. The summed E-state index contributed by atoms with van der Waals surface area (Å²) in [5, 5.41) is 3.29. The molecule has 1 aliphatic carbocycles. The predicted molar refractivity (Wildman–Crippen MR) is 82.8 cm³/mol. The molecule has 20 heavy (non-hydrogen) atoms. The molecule has 0 aliphatic heterocycles. The lowest BCUT2D eigenvalue weighted by Crippen LogP contribution is -2.22. The molecule has 0 spiro atoms. The van der Waals surface area contributed by atoms with Crippen molar-refractivity contribution in [3.8, 4) is 0 Å². The van der Waals surface area contributed by atoms with Gasteiger partial charge in [0.1, 0.15) is 0 Å². The smallest absolute Gasteiger partial charge is 0.178 e. The van der Waals surface area contributed by atoms with Gasteiger partial charge in [0.2, 0.25) is 0 Å². The first kappa shape index (κ1) is 15.5. The van der Waals surface area contributed by atoms with Gasteiger partial charge < -0.3 is 5.32 Å². The second-order valence-electron chi connectivity index (χ2n) is 6.05. The van der Waals surface area contributed by atoms with Crippen molar-refractivity contribution in [1.29, 1.82) is 0 Å². The third-order valence-electron chi connectivity index (χ3n) is 3.75. The summed E-state index contributed by atoms with van der Waals surface area (Å²) in [6, 6.07) is 5.66. The average molecular weight is 295 g/mol. The lowest BCUT2D eigenvalue weighted by molar-refractivity contribution is 0.546. The van der Waals surface area contributed by atoms with Gasteiger partial charge in [0.25, 0.3) is 0 Å². The number of nitrogens with one attached hydrogen (secondary N) is 1. The fraction of sp³-hybridized carbons (Fsp3) is 0.625. The van der Waals surface area contributed by atoms with E-state index in [1.165, 1.54) is 11.1 Å². The minimum atomic E-state index is -3.12. The Kier molecular flexibility index (Phi) is 5.22. The van der Waals surface area contributed by atoms with Crippen LogP contribution in [0.15, 0.2) is 23.1 Å². The predicted octanol–water partition coefficient (Wildman–Crippen LogP) is 2.58. The van der Waals surface area contributed by atoms with Gasteiger partial charge in [-0.1, -0.05) is 19.9 Å². The van der Waals surface area contributed by atoms with Crippen molar-refractivity contribution in [1.82, 2.24) is 5.32 Å². The molecule has 1 N–H and O–H groups in total. The van der Waals surface area contributed by atoms with Crippen LogP contribution >= 0.6 is 0 Å². The highest BCUT2D eigenvalue weighted by Gasteiger charge is 2.18. The van der Waals surface area contributed by atoms with Crippen LogP contribution in [0.3, 0.4) is 0 Å². The topological polar surface area (TPSA) is 46.2 Å². The molecule has 112 valence electrons. The van der Waals surface area contributed by atoms with Gasteiger partial charge in [-0.15, -0.1) is 0 Å². The third kappa shape index (κ3) is 4.06. The van der Waals surface area contributed by atoms with Gasteiger partial charge in [-0.25, -0.2) is 8.42 Å². The van der Waals surface area contributed by atoms with E-state index < -0.39 is 9.84 Å². The van der Waals surface area contributed by atoms with Crippen LogP contribution in [0.5, 0.6) is 0 Å². The maximum atomic E-state index is 12.3. The van der Waals surface area contributed by atoms with Crippen LogP contribution in [0, 0.1) is 5.92 Å². The summed E-state index contributed by atoms with van der Waals surface area (Å²) in [6.07, 6.45) is 3.94. The van der Waals surface area contributed by atoms with Gasteiger partial charge in [-0.2, -0.15) is 0 Å². The Morgan fingerprint density at radius 1 is 1.20 bits per heavy atom. The van der Waals surface area contributed by atoms with Crippen LogP contribution in [0.25, 0.3) is 0 Å². The molecule has 3 nitrogen and oxygen atoms in total. The lowest BCUT2D eigenvalue weighted by Gasteiger charge is -2.09. The molecule has 0 saturated heterocycles. The van der Waals surface area contributed by atoms with E-state index in [9.17, 15) is 8.42 Å². The van der Waals surface area contributed by atoms with Crippen molar-refractivity contribution in [2.75, 3.05) is 18.8 Å². The van der Waals surface area contributed by atoms with E-state index in [0.29, 0.717) is 17.2 Å². The fourth-order valence-electron chi connectivity index (χ4n) is 2.64. The molecule has 0 amide bonds. The van der Waals surface area contributed by atoms with Crippen LogP contribution in [0.4, 0.5) is 0 Å². The molecular weight excluding hydrogens is 270 g/mol. The van der Waals surface area contributed by atoms with E-state index >= 15 is 0 Å². The lowest BCUT2D eigenvalue weighted by atomic mass is 10.1. The molecule has 2 rings (SSSR count). The zero-order chi connectivity index (χ0) is 14.6. The average Bonchev–Trinajstić information content (AvgIpc) is 2.85. The Hall–Kier alpha value is -0.870. The van der Waals surface area contributed by atoms with Gasteiger partial charge >= 0.3 is 0 Å². The standard InChI is InChI=1S/C16H25NO2S/c1-13(2)12-17-9-4-10-20(18,19)16-8-7-14-5-3-6-15(14)11-16/h7-8,11,13,17H,3-6,9-10,12H2,1-2H3. The SMILES string of the molecule is CC(C)CNCCCS(=O)(=O)c1ccc2c(c1)CCC2. The zero-order valence-corrected chi connectivity index (χ0v) is 13.3. The zero-order valence-electron chi connectivity index (χ0n) is 12.5. The number of sulfone groups is 1. The van der Waals surface area contributed by atoms with Gasteiger partial charge in [0, 0.05) is 0 Å². The molecule has 0 aromatic heterocycles. The second kappa shape index (κ2) is 6.72. The summed E-state index contributed by atoms with van der Waals surface area (Å²) in [7, 11) is -3.12. The summed E-state index contributed by atoms with van der Waals surface area (Å²) < 4.78 is 24.6. The van der Waals surface area contributed by atoms with Crippen molar-refractivity contribution >= 4 is 9.84 Å². The first-order valence-electron chi connectivity index (χ1n) is 7.54. The van der Waals surface area contributed by atoms with Gasteiger partial charge in [-0.05, 0) is 68.0 Å². The van der Waals surface area contributed by atoms with Crippen molar-refractivity contribution in [2.45, 2.75) is 44.4 Å². The molecule has 0 radical (unpaired) electrons. The van der Waals surface area contributed by atoms with E-state index in [1.807, 2.05) is 12.1 Å². The Morgan fingerprint density at radius 3 is 2.70 bits per heavy atom. The maximum Gasteiger partial charge on any atom is 0.178 e. The molecule has 0 bridgehead atoms. The van der Waals surface area contributed by atoms with Crippen LogP contribution < -0.4 is 5.32 Å². The molecule has 0 saturated carbocycles. The molecule has 1 aromatic rings. The van der Waals surface area contributed by atoms with Crippen LogP contribution in [-0.2, 0) is 22.7 Å². The summed E-state index contributed by atoms with van der Waals surface area (Å²) in [6.45, 7) is 6.00. The van der Waals surface area contributed by atoms with Gasteiger partial charge in [0.05, 0.1) is 10.6 Å². The van der Waals surface area contributed by atoms with E-state index in [0.717, 1.165) is 32.4 Å². The van der Waals surface area contributed by atoms with Gasteiger partial charge in [0.15, 0.2) is 9.84 Å². The number of aryl methyl sites for hydroxylation is 2. The van der Waals surface area contributed by atoms with Crippen molar-refractivity contribution < 1.29 is 8.42 Å². The Balaban J connectivity index is 1.90. The molecule has 4 heteroatoms. The van der Waals surface area contributed by atoms with Crippen LogP contribution in [-0.4, -0.2) is 27.3 Å². The first-order valence-corrected chi connectivity index (χ1v) is 9.19. The Morgan fingerprint density at radius 2 is 1.95 bits per heavy atom. The van der Waals surface area contributed by atoms with E-state index in [4.69, 9.17) is 0 Å². The number of hydrogen-bond donors (Lipinski definition) is 1. The molecule has 0 unspecified atom stereocenters. The normalized spacial score (nSPS) is 14.8. The third-order valence-corrected chi connectivity index (χ3v) is 5.55. The van der Waals surface area contributed by atoms with Crippen LogP contribution in [0.2, 0.25) is 0 Å². The first-order chi connectivity index (χ1) is 9.49. The van der Waals surface area contributed by atoms with Crippen molar-refractivity contribution in [3.05, 3.63) is 29.3 Å². The molecule has 0 fully saturated rings. The molecule has 1 aromatic carbocycles. The highest BCUT2D eigenvalue weighted by Crippen LogP contribution is 2.25. The minimum absolute atomic E-state index is 0.233. The summed E-state index contributed by atoms with van der Waals surface area (Å²) in [4.78, 5) is 0.502. The molecule has 0 atom stereocenters. The minimum Gasteiger partial charge on any atom is -0.316 e. The highest BCUT2D eigenvalue weighted by atomic mass is 32.2. The summed E-state index contributed by atoms with van der Waals surface area (Å²) in [5.41, 5.74) is 2.55. The Bertz CT molecular complexity index is 550. The summed E-state index contributed by atoms with van der Waals surface area (Å²) >= 11 is 0. The van der Waals surface area contributed by atoms with Gasteiger partial charge in [-0.3, -0.25) is 0 Å². The Labute approximate surface area is 122 Å². The summed E-state index contributed by atoms with van der Waals surface area (Å²) in [5.74, 6) is 0.833. The molecule has 0 heterocycles. The monoisotopic (exact) mass is 295 g/mol. The maximum absolute atomic E-state index is 12.3. The van der Waals surface area contributed by atoms with E-state index in [1.54, 1.807) is 6.07 Å². The number of rotatable bonds is 7. The van der Waals surface area contributed by atoms with Crippen molar-refractivity contribution in [3.63, 3.8) is 0 Å². The van der Waals surface area contributed by atoms with Crippen molar-refractivity contribution in [2.24, 2.45) is 5.92 Å². The van der Waals surface area contributed by atoms with Crippen LogP contribution in [0.1, 0.15) is 37.8 Å². The molecular formula is C16H25NO2S. The molecule has 1 aliphatic rings. The second-order valence-corrected chi connectivity index (χ2v) is 8.16. The largest absolute Gasteiger partial charge is 0.316 e.